The molecule has 1 atom stereocenters. The van der Waals surface area contributed by atoms with Gasteiger partial charge in [0.2, 0.25) is 5.91 Å². The predicted molar refractivity (Wildman–Crippen MR) is 88.8 cm³/mol. The molecule has 0 saturated carbocycles. The van der Waals surface area contributed by atoms with E-state index in [9.17, 15) is 4.79 Å². The van der Waals surface area contributed by atoms with Gasteiger partial charge >= 0.3 is 0 Å². The van der Waals surface area contributed by atoms with E-state index in [1.165, 1.54) is 5.56 Å². The molecule has 0 bridgehead atoms. The zero-order chi connectivity index (χ0) is 16.2. The fourth-order valence-corrected chi connectivity index (χ4v) is 2.93. The molecule has 1 heterocycles. The molecule has 2 rings (SSSR count). The average Bonchev–Trinajstić information content (AvgIpc) is 2.94. The number of benzene rings is 1. The number of hydrogen-bond donors (Lipinski definition) is 1. The van der Waals surface area contributed by atoms with Gasteiger partial charge in [-0.2, -0.15) is 5.10 Å². The van der Waals surface area contributed by atoms with Gasteiger partial charge in [-0.25, -0.2) is 0 Å². The lowest BCUT2D eigenvalue weighted by molar-refractivity contribution is -0.123. The molecule has 1 aromatic heterocycles. The van der Waals surface area contributed by atoms with Gasteiger partial charge in [0.15, 0.2) is 0 Å². The van der Waals surface area contributed by atoms with Crippen molar-refractivity contribution in [2.45, 2.75) is 32.2 Å². The Morgan fingerprint density at radius 2 is 2.00 bits per heavy atom. The van der Waals surface area contributed by atoms with Crippen LogP contribution in [-0.4, -0.2) is 21.6 Å². The van der Waals surface area contributed by atoms with Gasteiger partial charge in [0.05, 0.1) is 12.2 Å². The molecule has 0 fully saturated rings. The number of carbonyl (C=O) groups is 1. The Kier molecular flexibility index (Phi) is 5.24. The van der Waals surface area contributed by atoms with Crippen molar-refractivity contribution in [2.24, 2.45) is 11.7 Å². The first kappa shape index (κ1) is 16.6. The predicted octanol–water partition coefficient (Wildman–Crippen LogP) is 2.94. The third-order valence-corrected chi connectivity index (χ3v) is 4.32. The maximum absolute atomic E-state index is 11.7. The van der Waals surface area contributed by atoms with E-state index in [0.29, 0.717) is 18.8 Å². The van der Waals surface area contributed by atoms with Gasteiger partial charge in [-0.05, 0) is 18.1 Å². The van der Waals surface area contributed by atoms with Gasteiger partial charge in [-0.3, -0.25) is 9.48 Å². The summed E-state index contributed by atoms with van der Waals surface area (Å²) in [6.45, 7) is 4.68. The van der Waals surface area contributed by atoms with Crippen LogP contribution in [-0.2, 0) is 16.8 Å². The monoisotopic (exact) mass is 319 g/mol. The summed E-state index contributed by atoms with van der Waals surface area (Å²) >= 11 is 5.81. The van der Waals surface area contributed by atoms with Crippen LogP contribution in [0.5, 0.6) is 0 Å². The topological polar surface area (TPSA) is 60.9 Å². The van der Waals surface area contributed by atoms with E-state index in [4.69, 9.17) is 17.3 Å². The lowest BCUT2D eigenvalue weighted by Gasteiger charge is -2.30. The first-order chi connectivity index (χ1) is 10.4. The second-order valence-electron chi connectivity index (χ2n) is 6.04. The SMILES string of the molecule is CC(C)(c1ccn(Cc2ccccc2)n1)C(CCCl)C(N)=O. The van der Waals surface area contributed by atoms with Crippen molar-refractivity contribution in [3.63, 3.8) is 0 Å². The molecule has 118 valence electrons. The fraction of sp³-hybridized carbons (Fsp3) is 0.412. The molecule has 5 heteroatoms. The largest absolute Gasteiger partial charge is 0.369 e. The summed E-state index contributed by atoms with van der Waals surface area (Å²) in [4.78, 5) is 11.7. The summed E-state index contributed by atoms with van der Waals surface area (Å²) in [5, 5.41) is 4.63. The Hall–Kier alpha value is -1.81. The highest BCUT2D eigenvalue weighted by atomic mass is 35.5. The molecular weight excluding hydrogens is 298 g/mol. The summed E-state index contributed by atoms with van der Waals surface area (Å²) in [5.74, 6) is -0.254. The molecule has 0 aliphatic heterocycles. The van der Waals surface area contributed by atoms with E-state index in [1.807, 2.05) is 49.0 Å². The van der Waals surface area contributed by atoms with E-state index < -0.39 is 5.41 Å². The molecular formula is C17H22ClN3O. The van der Waals surface area contributed by atoms with Crippen molar-refractivity contribution in [1.29, 1.82) is 0 Å². The molecule has 0 spiro atoms. The highest BCUT2D eigenvalue weighted by Gasteiger charge is 2.36. The Morgan fingerprint density at radius 1 is 1.32 bits per heavy atom. The standard InChI is InChI=1S/C17H22ClN3O/c1-17(2,14(8-10-18)16(19)22)15-9-11-21(20-15)12-13-6-4-3-5-7-13/h3-7,9,11,14H,8,10,12H2,1-2H3,(H2,19,22). The number of primary amides is 1. The fourth-order valence-electron chi connectivity index (χ4n) is 2.71. The molecule has 1 amide bonds. The van der Waals surface area contributed by atoms with Crippen LogP contribution in [0.15, 0.2) is 42.6 Å². The van der Waals surface area contributed by atoms with Crippen molar-refractivity contribution in [2.75, 3.05) is 5.88 Å². The lowest BCUT2D eigenvalue weighted by Crippen LogP contribution is -2.39. The summed E-state index contributed by atoms with van der Waals surface area (Å²) in [6.07, 6.45) is 2.48. The minimum absolute atomic E-state index is 0.329. The van der Waals surface area contributed by atoms with Gasteiger partial charge in [-0.15, -0.1) is 11.6 Å². The highest BCUT2D eigenvalue weighted by Crippen LogP contribution is 2.33. The summed E-state index contributed by atoms with van der Waals surface area (Å²) in [5.41, 5.74) is 7.14. The maximum Gasteiger partial charge on any atom is 0.221 e. The number of halogens is 1. The van der Waals surface area contributed by atoms with E-state index in [0.717, 1.165) is 5.69 Å². The smallest absolute Gasteiger partial charge is 0.221 e. The molecule has 0 aliphatic rings. The number of carbonyl (C=O) groups excluding carboxylic acids is 1. The molecule has 1 aromatic carbocycles. The third-order valence-electron chi connectivity index (χ3n) is 4.10. The second-order valence-corrected chi connectivity index (χ2v) is 6.42. The van der Waals surface area contributed by atoms with Crippen LogP contribution in [0.3, 0.4) is 0 Å². The summed E-state index contributed by atoms with van der Waals surface area (Å²) in [7, 11) is 0. The first-order valence-electron chi connectivity index (χ1n) is 7.38. The number of hydrogen-bond acceptors (Lipinski definition) is 2. The van der Waals surface area contributed by atoms with E-state index >= 15 is 0 Å². The number of rotatable bonds is 7. The molecule has 2 aromatic rings. The Balaban J connectivity index is 2.20. The van der Waals surface area contributed by atoms with Gasteiger partial charge < -0.3 is 5.73 Å². The molecule has 0 saturated heterocycles. The summed E-state index contributed by atoms with van der Waals surface area (Å²) in [6, 6.07) is 12.1. The van der Waals surface area contributed by atoms with Crippen molar-refractivity contribution in [1.82, 2.24) is 9.78 Å². The van der Waals surface area contributed by atoms with Crippen LogP contribution in [0.4, 0.5) is 0 Å². The molecule has 1 unspecified atom stereocenters. The molecule has 0 aliphatic carbocycles. The number of amides is 1. The van der Waals surface area contributed by atoms with Crippen molar-refractivity contribution < 1.29 is 4.79 Å². The Labute approximate surface area is 136 Å². The third kappa shape index (κ3) is 3.69. The van der Waals surface area contributed by atoms with E-state index in [-0.39, 0.29) is 11.8 Å². The number of alkyl halides is 1. The van der Waals surface area contributed by atoms with Gasteiger partial charge in [0.1, 0.15) is 0 Å². The Morgan fingerprint density at radius 3 is 2.59 bits per heavy atom. The van der Waals surface area contributed by atoms with Crippen LogP contribution in [0.1, 0.15) is 31.5 Å². The van der Waals surface area contributed by atoms with Gasteiger partial charge in [0.25, 0.3) is 0 Å². The quantitative estimate of drug-likeness (QED) is 0.798. The van der Waals surface area contributed by atoms with Gasteiger partial charge in [0, 0.05) is 23.4 Å². The summed E-state index contributed by atoms with van der Waals surface area (Å²) < 4.78 is 1.88. The van der Waals surface area contributed by atoms with Crippen molar-refractivity contribution >= 4 is 17.5 Å². The highest BCUT2D eigenvalue weighted by molar-refractivity contribution is 6.18. The molecule has 0 radical (unpaired) electrons. The number of nitrogens with zero attached hydrogens (tertiary/aromatic N) is 2. The number of aromatic nitrogens is 2. The zero-order valence-electron chi connectivity index (χ0n) is 13.0. The molecule has 4 nitrogen and oxygen atoms in total. The van der Waals surface area contributed by atoms with Crippen LogP contribution in [0.25, 0.3) is 0 Å². The van der Waals surface area contributed by atoms with Gasteiger partial charge in [-0.1, -0.05) is 44.2 Å². The van der Waals surface area contributed by atoms with Crippen molar-refractivity contribution in [3.05, 3.63) is 53.9 Å². The van der Waals surface area contributed by atoms with Crippen LogP contribution >= 0.6 is 11.6 Å². The van der Waals surface area contributed by atoms with E-state index in [1.54, 1.807) is 0 Å². The molecule has 2 N–H and O–H groups in total. The zero-order valence-corrected chi connectivity index (χ0v) is 13.8. The number of nitrogens with two attached hydrogens (primary N) is 1. The second kappa shape index (κ2) is 6.97. The average molecular weight is 320 g/mol. The van der Waals surface area contributed by atoms with Crippen LogP contribution in [0, 0.1) is 5.92 Å². The lowest BCUT2D eigenvalue weighted by atomic mass is 9.74. The van der Waals surface area contributed by atoms with Crippen LogP contribution < -0.4 is 5.73 Å². The minimum atomic E-state index is -0.442. The van der Waals surface area contributed by atoms with Crippen molar-refractivity contribution in [3.8, 4) is 0 Å². The Bertz CT molecular complexity index is 622. The van der Waals surface area contributed by atoms with Crippen LogP contribution in [0.2, 0.25) is 0 Å². The van der Waals surface area contributed by atoms with E-state index in [2.05, 4.69) is 17.2 Å². The molecule has 22 heavy (non-hydrogen) atoms. The normalized spacial score (nSPS) is 13.0. The maximum atomic E-state index is 11.7. The minimum Gasteiger partial charge on any atom is -0.369 e. The first-order valence-corrected chi connectivity index (χ1v) is 7.91.